The van der Waals surface area contributed by atoms with Crippen LogP contribution in [0.3, 0.4) is 0 Å². The maximum absolute atomic E-state index is 12.1. The Morgan fingerprint density at radius 2 is 2.17 bits per heavy atom. The molecule has 1 aliphatic heterocycles. The highest BCUT2D eigenvalue weighted by atomic mass is 35.5. The average molecular weight is 296 g/mol. The summed E-state index contributed by atoms with van der Waals surface area (Å²) < 4.78 is 50.8. The molecule has 0 saturated carbocycles. The van der Waals surface area contributed by atoms with Gasteiger partial charge in [-0.05, 0) is 18.2 Å². The summed E-state index contributed by atoms with van der Waals surface area (Å²) in [4.78, 5) is -0.126. The topological polar surface area (TPSA) is 61.8 Å². The van der Waals surface area contributed by atoms with E-state index < -0.39 is 23.0 Å². The van der Waals surface area contributed by atoms with Gasteiger partial charge in [0.05, 0.1) is 12.2 Å². The molecule has 1 N–H and O–H groups in total. The lowest BCUT2D eigenvalue weighted by atomic mass is 10.3. The lowest BCUT2D eigenvalue weighted by molar-refractivity contribution is 0.146. The largest absolute Gasteiger partial charge is 0.285 e. The van der Waals surface area contributed by atoms with Gasteiger partial charge < -0.3 is 0 Å². The average Bonchev–Trinajstić information content (AvgIpc) is 2.28. The number of nitrogens with one attached hydrogen (secondary N) is 1. The zero-order valence-corrected chi connectivity index (χ0v) is 10.4. The molecule has 1 heterocycles. The van der Waals surface area contributed by atoms with Gasteiger partial charge >= 0.3 is 0 Å². The third-order valence-electron chi connectivity index (χ3n) is 2.18. The van der Waals surface area contributed by atoms with Crippen molar-refractivity contribution >= 4 is 33.7 Å². The SMILES string of the molecule is O=S1(=O)N=CN(NCC(F)F)c2ccc(Cl)cc21. The van der Waals surface area contributed by atoms with Gasteiger partial charge in [-0.2, -0.15) is 8.42 Å². The number of sulfonamides is 1. The van der Waals surface area contributed by atoms with Crippen molar-refractivity contribution in [3.8, 4) is 0 Å². The van der Waals surface area contributed by atoms with Gasteiger partial charge in [-0.3, -0.25) is 5.01 Å². The molecule has 5 nitrogen and oxygen atoms in total. The van der Waals surface area contributed by atoms with Crippen LogP contribution < -0.4 is 10.4 Å². The molecular formula is C9H8ClF2N3O2S. The van der Waals surface area contributed by atoms with E-state index in [1.807, 2.05) is 0 Å². The maximum atomic E-state index is 12.1. The van der Waals surface area contributed by atoms with Crippen molar-refractivity contribution in [2.24, 2.45) is 4.40 Å². The summed E-state index contributed by atoms with van der Waals surface area (Å²) in [5.41, 5.74) is 2.56. The van der Waals surface area contributed by atoms with Crippen LogP contribution in [0, 0.1) is 0 Å². The van der Waals surface area contributed by atoms with E-state index in [9.17, 15) is 17.2 Å². The van der Waals surface area contributed by atoms with Crippen LogP contribution in [0.25, 0.3) is 0 Å². The fourth-order valence-electron chi connectivity index (χ4n) is 1.42. The van der Waals surface area contributed by atoms with Gasteiger partial charge in [-0.1, -0.05) is 11.6 Å². The number of halogens is 3. The third kappa shape index (κ3) is 2.60. The Hall–Kier alpha value is -1.25. The van der Waals surface area contributed by atoms with Crippen LogP contribution in [0.5, 0.6) is 0 Å². The normalized spacial score (nSPS) is 17.0. The van der Waals surface area contributed by atoms with Gasteiger partial charge in [0.2, 0.25) is 0 Å². The van der Waals surface area contributed by atoms with Crippen LogP contribution in [0.4, 0.5) is 14.5 Å². The molecule has 0 unspecified atom stereocenters. The Morgan fingerprint density at radius 1 is 1.44 bits per heavy atom. The number of hydrazine groups is 1. The molecule has 0 aromatic heterocycles. The minimum absolute atomic E-state index is 0.126. The minimum atomic E-state index is -3.82. The van der Waals surface area contributed by atoms with E-state index in [0.717, 1.165) is 11.3 Å². The molecule has 9 heteroatoms. The van der Waals surface area contributed by atoms with Crippen LogP contribution in [-0.4, -0.2) is 27.7 Å². The van der Waals surface area contributed by atoms with E-state index in [-0.39, 0.29) is 15.6 Å². The van der Waals surface area contributed by atoms with Crippen molar-refractivity contribution in [3.63, 3.8) is 0 Å². The number of nitrogens with zero attached hydrogens (tertiary/aromatic N) is 2. The summed E-state index contributed by atoms with van der Waals surface area (Å²) >= 11 is 5.70. The summed E-state index contributed by atoms with van der Waals surface area (Å²) in [5, 5.41) is 1.35. The van der Waals surface area contributed by atoms with Crippen LogP contribution in [0.15, 0.2) is 27.5 Å². The zero-order chi connectivity index (χ0) is 13.3. The van der Waals surface area contributed by atoms with Crippen molar-refractivity contribution in [2.45, 2.75) is 11.3 Å². The fourth-order valence-corrected chi connectivity index (χ4v) is 2.69. The number of fused-ring (bicyclic) bond motifs is 1. The van der Waals surface area contributed by atoms with E-state index in [2.05, 4.69) is 9.82 Å². The van der Waals surface area contributed by atoms with Crippen LogP contribution in [0.2, 0.25) is 5.02 Å². The van der Waals surface area contributed by atoms with Gasteiger partial charge in [0.15, 0.2) is 0 Å². The lowest BCUT2D eigenvalue weighted by Gasteiger charge is -2.25. The smallest absolute Gasteiger partial charge is 0.264 e. The summed E-state index contributed by atoms with van der Waals surface area (Å²) in [6.45, 7) is -0.617. The van der Waals surface area contributed by atoms with Crippen molar-refractivity contribution < 1.29 is 17.2 Å². The van der Waals surface area contributed by atoms with Crippen molar-refractivity contribution in [2.75, 3.05) is 11.6 Å². The van der Waals surface area contributed by atoms with E-state index >= 15 is 0 Å². The number of rotatable bonds is 3. The molecule has 0 radical (unpaired) electrons. The molecule has 0 atom stereocenters. The van der Waals surface area contributed by atoms with Gasteiger partial charge in [-0.15, -0.1) is 4.40 Å². The Balaban J connectivity index is 2.39. The fraction of sp³-hybridized carbons (Fsp3) is 0.222. The third-order valence-corrected chi connectivity index (χ3v) is 3.67. The highest BCUT2D eigenvalue weighted by Gasteiger charge is 2.26. The standard InChI is InChI=1S/C9H8ClF2N3O2S/c10-6-1-2-7-8(3-6)18(16,17)14-5-15(7)13-4-9(11)12/h1-3,5,9,13H,4H2. The minimum Gasteiger partial charge on any atom is -0.264 e. The summed E-state index contributed by atoms with van der Waals surface area (Å²) in [6.07, 6.45) is -1.62. The predicted octanol–water partition coefficient (Wildman–Crippen LogP) is 1.65. The quantitative estimate of drug-likeness (QED) is 0.921. The lowest BCUT2D eigenvalue weighted by Crippen LogP contribution is -2.42. The van der Waals surface area contributed by atoms with E-state index in [4.69, 9.17) is 11.6 Å². The first-order valence-corrected chi connectivity index (χ1v) is 6.63. The monoisotopic (exact) mass is 295 g/mol. The van der Waals surface area contributed by atoms with Crippen LogP contribution >= 0.6 is 11.6 Å². The Bertz CT molecular complexity index is 591. The van der Waals surface area contributed by atoms with E-state index in [0.29, 0.717) is 0 Å². The second-order valence-electron chi connectivity index (χ2n) is 3.43. The van der Waals surface area contributed by atoms with Gasteiger partial charge in [0.1, 0.15) is 11.2 Å². The first kappa shape index (κ1) is 13.2. The predicted molar refractivity (Wildman–Crippen MR) is 63.6 cm³/mol. The van der Waals surface area contributed by atoms with Gasteiger partial charge in [0.25, 0.3) is 16.4 Å². The van der Waals surface area contributed by atoms with Gasteiger partial charge in [0, 0.05) is 5.02 Å². The molecular weight excluding hydrogens is 288 g/mol. The van der Waals surface area contributed by atoms with Crippen molar-refractivity contribution in [1.82, 2.24) is 5.43 Å². The van der Waals surface area contributed by atoms with Crippen molar-refractivity contribution in [1.29, 1.82) is 0 Å². The first-order valence-electron chi connectivity index (χ1n) is 4.81. The zero-order valence-electron chi connectivity index (χ0n) is 8.85. The molecule has 98 valence electrons. The Morgan fingerprint density at radius 3 is 2.83 bits per heavy atom. The Labute approximate surface area is 107 Å². The van der Waals surface area contributed by atoms with Crippen molar-refractivity contribution in [3.05, 3.63) is 23.2 Å². The molecule has 2 rings (SSSR count). The molecule has 0 bridgehead atoms. The highest BCUT2D eigenvalue weighted by Crippen LogP contribution is 2.30. The molecule has 1 aromatic carbocycles. The molecule has 1 aromatic rings. The second kappa shape index (κ2) is 4.79. The summed E-state index contributed by atoms with van der Waals surface area (Å²) in [6, 6.07) is 4.10. The number of hydrogen-bond donors (Lipinski definition) is 1. The molecule has 0 amide bonds. The molecule has 0 fully saturated rings. The highest BCUT2D eigenvalue weighted by molar-refractivity contribution is 7.90. The van der Waals surface area contributed by atoms with E-state index in [1.165, 1.54) is 18.2 Å². The molecule has 0 aliphatic carbocycles. The molecule has 18 heavy (non-hydrogen) atoms. The maximum Gasteiger partial charge on any atom is 0.285 e. The van der Waals surface area contributed by atoms with Gasteiger partial charge in [-0.25, -0.2) is 14.2 Å². The Kier molecular flexibility index (Phi) is 3.51. The van der Waals surface area contributed by atoms with Crippen LogP contribution in [0.1, 0.15) is 0 Å². The summed E-state index contributed by atoms with van der Waals surface area (Å²) in [7, 11) is -3.82. The molecule has 0 spiro atoms. The first-order chi connectivity index (χ1) is 8.40. The van der Waals surface area contributed by atoms with E-state index in [1.54, 1.807) is 0 Å². The summed E-state index contributed by atoms with van der Waals surface area (Å²) in [5.74, 6) is 0. The molecule has 1 aliphatic rings. The van der Waals surface area contributed by atoms with Crippen LogP contribution in [-0.2, 0) is 10.0 Å². The molecule has 0 saturated heterocycles. The second-order valence-corrected chi connectivity index (χ2v) is 5.47. The number of benzene rings is 1. The number of alkyl halides is 2. The number of anilines is 1. The number of hydrogen-bond acceptors (Lipinski definition) is 4.